The first kappa shape index (κ1) is 17.1. The van der Waals surface area contributed by atoms with Gasteiger partial charge in [-0.3, -0.25) is 10.1 Å². The standard InChI is InChI=1S/C16H12F2N2O4/c17-11-7-5-10(6-8-11)15(22)24-9-14(21)20-16(23)19-13-4-2-1-3-12(13)18/h1-8H,9H2,(H2,19,20,21,23). The van der Waals surface area contributed by atoms with Crippen LogP contribution in [0.3, 0.4) is 0 Å². The van der Waals surface area contributed by atoms with Crippen LogP contribution in [0.25, 0.3) is 0 Å². The largest absolute Gasteiger partial charge is 0.452 e. The van der Waals surface area contributed by atoms with Gasteiger partial charge in [0.05, 0.1) is 11.3 Å². The average molecular weight is 334 g/mol. The Bertz CT molecular complexity index is 763. The fourth-order valence-corrected chi connectivity index (χ4v) is 1.68. The summed E-state index contributed by atoms with van der Waals surface area (Å²) in [5.41, 5.74) is -0.0499. The molecule has 0 aliphatic rings. The molecule has 0 aliphatic carbocycles. The summed E-state index contributed by atoms with van der Waals surface area (Å²) in [7, 11) is 0. The Hall–Kier alpha value is -3.29. The smallest absolute Gasteiger partial charge is 0.338 e. The first-order valence-electron chi connectivity index (χ1n) is 6.74. The predicted octanol–water partition coefficient (Wildman–Crippen LogP) is 2.47. The maximum Gasteiger partial charge on any atom is 0.338 e. The minimum atomic E-state index is -0.970. The third kappa shape index (κ3) is 4.87. The van der Waals surface area contributed by atoms with Crippen LogP contribution < -0.4 is 10.6 Å². The van der Waals surface area contributed by atoms with Crippen molar-refractivity contribution in [2.45, 2.75) is 0 Å². The van der Waals surface area contributed by atoms with Crippen LogP contribution in [0.4, 0.5) is 19.3 Å². The van der Waals surface area contributed by atoms with E-state index in [1.165, 1.54) is 30.3 Å². The zero-order valence-corrected chi connectivity index (χ0v) is 12.2. The molecule has 0 heterocycles. The van der Waals surface area contributed by atoms with Gasteiger partial charge in [-0.25, -0.2) is 18.4 Å². The molecule has 0 fully saturated rings. The number of amides is 3. The Balaban J connectivity index is 1.80. The molecular weight excluding hydrogens is 322 g/mol. The van der Waals surface area contributed by atoms with Crippen molar-refractivity contribution in [1.29, 1.82) is 0 Å². The summed E-state index contributed by atoms with van der Waals surface area (Å²) in [6.07, 6.45) is 0. The van der Waals surface area contributed by atoms with Gasteiger partial charge in [0.25, 0.3) is 5.91 Å². The highest BCUT2D eigenvalue weighted by molar-refractivity contribution is 6.02. The lowest BCUT2D eigenvalue weighted by atomic mass is 10.2. The third-order valence-corrected chi connectivity index (χ3v) is 2.79. The normalized spacial score (nSPS) is 9.92. The molecule has 0 bridgehead atoms. The molecule has 0 atom stereocenters. The fourth-order valence-electron chi connectivity index (χ4n) is 1.68. The van der Waals surface area contributed by atoms with Crippen molar-refractivity contribution in [2.75, 3.05) is 11.9 Å². The minimum Gasteiger partial charge on any atom is -0.452 e. The molecular formula is C16H12F2N2O4. The summed E-state index contributed by atoms with van der Waals surface area (Å²) in [6.45, 7) is -0.721. The molecule has 2 aromatic carbocycles. The van der Waals surface area contributed by atoms with Crippen molar-refractivity contribution < 1.29 is 27.9 Å². The van der Waals surface area contributed by atoms with E-state index in [0.29, 0.717) is 0 Å². The van der Waals surface area contributed by atoms with E-state index in [1.807, 2.05) is 5.32 Å². The Morgan fingerprint density at radius 1 is 0.958 bits per heavy atom. The minimum absolute atomic E-state index is 0.0556. The van der Waals surface area contributed by atoms with E-state index < -0.39 is 36.1 Å². The number of ether oxygens (including phenoxy) is 1. The summed E-state index contributed by atoms with van der Waals surface area (Å²) in [5.74, 6) is -2.93. The van der Waals surface area contributed by atoms with Crippen molar-refractivity contribution in [1.82, 2.24) is 5.32 Å². The quantitative estimate of drug-likeness (QED) is 0.841. The van der Waals surface area contributed by atoms with Crippen molar-refractivity contribution in [2.24, 2.45) is 0 Å². The van der Waals surface area contributed by atoms with Crippen LogP contribution in [-0.4, -0.2) is 24.5 Å². The van der Waals surface area contributed by atoms with Crippen LogP contribution in [0, 0.1) is 11.6 Å². The second-order valence-corrected chi connectivity index (χ2v) is 4.57. The van der Waals surface area contributed by atoms with Gasteiger partial charge in [-0.05, 0) is 36.4 Å². The number of halogens is 2. The number of carbonyl (C=O) groups is 3. The number of esters is 1. The van der Waals surface area contributed by atoms with Crippen LogP contribution >= 0.6 is 0 Å². The Morgan fingerprint density at radius 2 is 1.62 bits per heavy atom. The summed E-state index contributed by atoms with van der Waals surface area (Å²) >= 11 is 0. The molecule has 0 radical (unpaired) electrons. The van der Waals surface area contributed by atoms with E-state index in [-0.39, 0.29) is 11.3 Å². The van der Waals surface area contributed by atoms with E-state index in [4.69, 9.17) is 0 Å². The first-order chi connectivity index (χ1) is 11.5. The first-order valence-corrected chi connectivity index (χ1v) is 6.74. The zero-order valence-electron chi connectivity index (χ0n) is 12.2. The summed E-state index contributed by atoms with van der Waals surface area (Å²) < 4.78 is 30.7. The SMILES string of the molecule is O=C(COC(=O)c1ccc(F)cc1)NC(=O)Nc1ccccc1F. The van der Waals surface area contributed by atoms with Gasteiger partial charge in [0.1, 0.15) is 11.6 Å². The van der Waals surface area contributed by atoms with Gasteiger partial charge >= 0.3 is 12.0 Å². The molecule has 3 amide bonds. The molecule has 8 heteroatoms. The lowest BCUT2D eigenvalue weighted by Crippen LogP contribution is -2.37. The molecule has 6 nitrogen and oxygen atoms in total. The third-order valence-electron chi connectivity index (χ3n) is 2.79. The molecule has 0 spiro atoms. The molecule has 0 saturated carbocycles. The number of anilines is 1. The van der Waals surface area contributed by atoms with Crippen molar-refractivity contribution in [3.63, 3.8) is 0 Å². The topological polar surface area (TPSA) is 84.5 Å². The average Bonchev–Trinajstić information content (AvgIpc) is 2.55. The van der Waals surface area contributed by atoms with Crippen LogP contribution in [0.1, 0.15) is 10.4 Å². The number of benzene rings is 2. The van der Waals surface area contributed by atoms with Gasteiger partial charge < -0.3 is 10.1 Å². The maximum absolute atomic E-state index is 13.3. The lowest BCUT2D eigenvalue weighted by molar-refractivity contribution is -0.123. The molecule has 124 valence electrons. The summed E-state index contributed by atoms with van der Waals surface area (Å²) in [6, 6.07) is 8.96. The highest BCUT2D eigenvalue weighted by atomic mass is 19.1. The van der Waals surface area contributed by atoms with Crippen LogP contribution in [0.15, 0.2) is 48.5 Å². The van der Waals surface area contributed by atoms with E-state index >= 15 is 0 Å². The number of para-hydroxylation sites is 1. The molecule has 2 rings (SSSR count). The zero-order chi connectivity index (χ0) is 17.5. The number of urea groups is 1. The number of hydrogen-bond donors (Lipinski definition) is 2. The van der Waals surface area contributed by atoms with Crippen LogP contribution in [0.5, 0.6) is 0 Å². The summed E-state index contributed by atoms with van der Waals surface area (Å²) in [4.78, 5) is 34.7. The van der Waals surface area contributed by atoms with Crippen molar-refractivity contribution in [3.8, 4) is 0 Å². The van der Waals surface area contributed by atoms with E-state index in [9.17, 15) is 23.2 Å². The van der Waals surface area contributed by atoms with E-state index in [2.05, 4.69) is 10.1 Å². The highest BCUT2D eigenvalue weighted by Gasteiger charge is 2.13. The monoisotopic (exact) mass is 334 g/mol. The molecule has 2 aromatic rings. The van der Waals surface area contributed by atoms with Gasteiger partial charge in [-0.2, -0.15) is 0 Å². The van der Waals surface area contributed by atoms with Crippen LogP contribution in [0.2, 0.25) is 0 Å². The molecule has 0 aliphatic heterocycles. The number of imide groups is 1. The molecule has 0 saturated heterocycles. The van der Waals surface area contributed by atoms with Gasteiger partial charge in [0, 0.05) is 0 Å². The Labute approximate surface area is 135 Å². The summed E-state index contributed by atoms with van der Waals surface area (Å²) in [5, 5.41) is 4.02. The van der Waals surface area contributed by atoms with Gasteiger partial charge in [-0.1, -0.05) is 12.1 Å². The highest BCUT2D eigenvalue weighted by Crippen LogP contribution is 2.11. The molecule has 2 N–H and O–H groups in total. The molecule has 24 heavy (non-hydrogen) atoms. The number of nitrogens with one attached hydrogen (secondary N) is 2. The molecule has 0 aromatic heterocycles. The number of carbonyl (C=O) groups excluding carboxylic acids is 3. The van der Waals surface area contributed by atoms with Crippen LogP contribution in [-0.2, 0) is 9.53 Å². The van der Waals surface area contributed by atoms with Gasteiger partial charge in [0.2, 0.25) is 0 Å². The molecule has 0 unspecified atom stereocenters. The predicted molar refractivity (Wildman–Crippen MR) is 80.2 cm³/mol. The maximum atomic E-state index is 13.3. The second kappa shape index (κ2) is 7.82. The fraction of sp³-hybridized carbons (Fsp3) is 0.0625. The number of rotatable bonds is 4. The Morgan fingerprint density at radius 3 is 2.29 bits per heavy atom. The van der Waals surface area contributed by atoms with E-state index in [1.54, 1.807) is 0 Å². The van der Waals surface area contributed by atoms with Crippen molar-refractivity contribution in [3.05, 3.63) is 65.7 Å². The van der Waals surface area contributed by atoms with E-state index in [0.717, 1.165) is 18.2 Å². The van der Waals surface area contributed by atoms with Crippen molar-refractivity contribution >= 4 is 23.6 Å². The Kier molecular flexibility index (Phi) is 5.56. The lowest BCUT2D eigenvalue weighted by Gasteiger charge is -2.08. The van der Waals surface area contributed by atoms with Gasteiger partial charge in [-0.15, -0.1) is 0 Å². The van der Waals surface area contributed by atoms with Gasteiger partial charge in [0.15, 0.2) is 6.61 Å². The number of hydrogen-bond acceptors (Lipinski definition) is 4. The second-order valence-electron chi connectivity index (χ2n) is 4.57.